The molecule has 0 heterocycles. The second-order valence-electron chi connectivity index (χ2n) is 5.53. The molecule has 0 aliphatic rings. The van der Waals surface area contributed by atoms with E-state index in [0.29, 0.717) is 12.1 Å². The fraction of sp³-hybridized carbons (Fsp3) is 0.316. The molecule has 2 aromatic carbocycles. The highest BCUT2D eigenvalue weighted by atomic mass is 16.5. The fourth-order valence-corrected chi connectivity index (χ4v) is 2.53. The van der Waals surface area contributed by atoms with Gasteiger partial charge in [0, 0.05) is 19.2 Å². The molecule has 23 heavy (non-hydrogen) atoms. The second-order valence-corrected chi connectivity index (χ2v) is 5.53. The van der Waals surface area contributed by atoms with Crippen LogP contribution in [-0.4, -0.2) is 26.7 Å². The van der Waals surface area contributed by atoms with E-state index in [-0.39, 0.29) is 12.0 Å². The number of amides is 1. The van der Waals surface area contributed by atoms with Crippen molar-refractivity contribution in [3.05, 3.63) is 64.7 Å². The van der Waals surface area contributed by atoms with Crippen molar-refractivity contribution in [3.8, 4) is 5.75 Å². The Morgan fingerprint density at radius 2 is 1.91 bits per heavy atom. The van der Waals surface area contributed by atoms with E-state index in [0.717, 1.165) is 22.4 Å². The Labute approximate surface area is 137 Å². The lowest BCUT2D eigenvalue weighted by Crippen LogP contribution is -2.29. The van der Waals surface area contributed by atoms with Crippen LogP contribution in [0.2, 0.25) is 0 Å². The van der Waals surface area contributed by atoms with Gasteiger partial charge < -0.3 is 14.8 Å². The lowest BCUT2D eigenvalue weighted by Gasteiger charge is -2.17. The minimum atomic E-state index is -0.222. The number of carbonyl (C=O) groups is 1. The fourth-order valence-electron chi connectivity index (χ4n) is 2.53. The van der Waals surface area contributed by atoms with Crippen LogP contribution in [0.5, 0.6) is 5.75 Å². The molecule has 4 nitrogen and oxygen atoms in total. The first kappa shape index (κ1) is 17.0. The van der Waals surface area contributed by atoms with Crippen LogP contribution in [0, 0.1) is 13.8 Å². The van der Waals surface area contributed by atoms with Gasteiger partial charge in [0.2, 0.25) is 0 Å². The van der Waals surface area contributed by atoms with E-state index >= 15 is 0 Å². The van der Waals surface area contributed by atoms with Gasteiger partial charge in [0.05, 0.1) is 13.2 Å². The summed E-state index contributed by atoms with van der Waals surface area (Å²) >= 11 is 0. The number of hydrogen-bond acceptors (Lipinski definition) is 3. The molecule has 0 saturated heterocycles. The van der Waals surface area contributed by atoms with Gasteiger partial charge in [-0.1, -0.05) is 29.8 Å². The molecule has 0 saturated carbocycles. The van der Waals surface area contributed by atoms with Gasteiger partial charge in [-0.05, 0) is 43.2 Å². The van der Waals surface area contributed by atoms with Crippen molar-refractivity contribution < 1.29 is 14.3 Å². The lowest BCUT2D eigenvalue weighted by molar-refractivity contribution is 0.0827. The average molecular weight is 313 g/mol. The molecule has 122 valence electrons. The van der Waals surface area contributed by atoms with E-state index in [9.17, 15) is 4.79 Å². The topological polar surface area (TPSA) is 47.6 Å². The minimum absolute atomic E-state index is 0.0903. The highest BCUT2D eigenvalue weighted by Crippen LogP contribution is 2.21. The second kappa shape index (κ2) is 7.79. The van der Waals surface area contributed by atoms with Crippen LogP contribution >= 0.6 is 0 Å². The number of aryl methyl sites for hydroxylation is 2. The number of carbonyl (C=O) groups excluding carboxylic acids is 1. The first-order valence-electron chi connectivity index (χ1n) is 7.57. The predicted molar refractivity (Wildman–Crippen MR) is 91.0 cm³/mol. The molecule has 0 spiro atoms. The molecule has 1 N–H and O–H groups in total. The zero-order valence-electron chi connectivity index (χ0n) is 14.1. The van der Waals surface area contributed by atoms with Crippen molar-refractivity contribution in [2.24, 2.45) is 0 Å². The van der Waals surface area contributed by atoms with Gasteiger partial charge in [0.25, 0.3) is 5.91 Å². The third-order valence-electron chi connectivity index (χ3n) is 3.82. The third-order valence-corrected chi connectivity index (χ3v) is 3.82. The average Bonchev–Trinajstić information content (AvgIpc) is 2.55. The number of nitrogens with one attached hydrogen (secondary N) is 1. The predicted octanol–water partition coefficient (Wildman–Crippen LogP) is 3.43. The van der Waals surface area contributed by atoms with Crippen LogP contribution in [0.4, 0.5) is 0 Å². The molecule has 0 aromatic heterocycles. The number of methoxy groups -OCH3 is 2. The molecule has 0 radical (unpaired) electrons. The third kappa shape index (κ3) is 4.33. The smallest absolute Gasteiger partial charge is 0.251 e. The van der Waals surface area contributed by atoms with Gasteiger partial charge >= 0.3 is 0 Å². The molecule has 0 aliphatic carbocycles. The molecule has 1 amide bonds. The van der Waals surface area contributed by atoms with Crippen LogP contribution in [0.15, 0.2) is 42.5 Å². The SMILES string of the molecule is COc1cccc(C(CNC(=O)c2ccc(C)cc2C)OC)c1. The van der Waals surface area contributed by atoms with Gasteiger partial charge in [0.15, 0.2) is 0 Å². The van der Waals surface area contributed by atoms with Crippen LogP contribution < -0.4 is 10.1 Å². The molecule has 4 heteroatoms. The summed E-state index contributed by atoms with van der Waals surface area (Å²) in [5.41, 5.74) is 3.77. The Kier molecular flexibility index (Phi) is 5.77. The molecular formula is C19H23NO3. The van der Waals surface area contributed by atoms with Crippen molar-refractivity contribution in [2.75, 3.05) is 20.8 Å². The van der Waals surface area contributed by atoms with Crippen LogP contribution in [0.1, 0.15) is 33.2 Å². The number of hydrogen-bond donors (Lipinski definition) is 1. The van der Waals surface area contributed by atoms with Gasteiger partial charge in [-0.2, -0.15) is 0 Å². The summed E-state index contributed by atoms with van der Waals surface area (Å²) in [6, 6.07) is 13.5. The maximum atomic E-state index is 12.4. The van der Waals surface area contributed by atoms with E-state index < -0.39 is 0 Å². The Morgan fingerprint density at radius 1 is 1.13 bits per heavy atom. The molecule has 0 aliphatic heterocycles. The lowest BCUT2D eigenvalue weighted by atomic mass is 10.0. The molecule has 1 atom stereocenters. The first-order valence-corrected chi connectivity index (χ1v) is 7.57. The normalized spacial score (nSPS) is 11.8. The molecule has 2 rings (SSSR count). The summed E-state index contributed by atoms with van der Waals surface area (Å²) in [5.74, 6) is 0.678. The molecule has 0 fully saturated rings. The summed E-state index contributed by atoms with van der Waals surface area (Å²) in [5, 5.41) is 2.94. The van der Waals surface area contributed by atoms with Crippen molar-refractivity contribution >= 4 is 5.91 Å². The van der Waals surface area contributed by atoms with Gasteiger partial charge in [-0.15, -0.1) is 0 Å². The van der Waals surface area contributed by atoms with Gasteiger partial charge in [0.1, 0.15) is 5.75 Å². The largest absolute Gasteiger partial charge is 0.497 e. The van der Waals surface area contributed by atoms with E-state index in [1.54, 1.807) is 14.2 Å². The molecule has 2 aromatic rings. The van der Waals surface area contributed by atoms with Crippen LogP contribution in [0.3, 0.4) is 0 Å². The summed E-state index contributed by atoms with van der Waals surface area (Å²) < 4.78 is 10.7. The Morgan fingerprint density at radius 3 is 2.57 bits per heavy atom. The highest BCUT2D eigenvalue weighted by Gasteiger charge is 2.15. The van der Waals surface area contributed by atoms with Crippen molar-refractivity contribution in [2.45, 2.75) is 20.0 Å². The number of benzene rings is 2. The van der Waals surface area contributed by atoms with Gasteiger partial charge in [-0.3, -0.25) is 4.79 Å². The van der Waals surface area contributed by atoms with Crippen molar-refractivity contribution in [1.29, 1.82) is 0 Å². The zero-order valence-corrected chi connectivity index (χ0v) is 14.1. The van der Waals surface area contributed by atoms with Crippen LogP contribution in [-0.2, 0) is 4.74 Å². The molecular weight excluding hydrogens is 290 g/mol. The van der Waals surface area contributed by atoms with Crippen molar-refractivity contribution in [3.63, 3.8) is 0 Å². The quantitative estimate of drug-likeness (QED) is 0.889. The van der Waals surface area contributed by atoms with E-state index in [4.69, 9.17) is 9.47 Å². The molecule has 1 unspecified atom stereocenters. The summed E-state index contributed by atoms with van der Waals surface area (Å²) in [6.07, 6.45) is -0.222. The summed E-state index contributed by atoms with van der Waals surface area (Å²) in [7, 11) is 3.26. The summed E-state index contributed by atoms with van der Waals surface area (Å²) in [6.45, 7) is 4.35. The van der Waals surface area contributed by atoms with Crippen molar-refractivity contribution in [1.82, 2.24) is 5.32 Å². The standard InChI is InChI=1S/C19H23NO3/c1-13-8-9-17(14(2)10-13)19(21)20-12-18(23-4)15-6-5-7-16(11-15)22-3/h5-11,18H,12H2,1-4H3,(H,20,21). The maximum Gasteiger partial charge on any atom is 0.251 e. The number of rotatable bonds is 6. The molecule has 0 bridgehead atoms. The summed E-state index contributed by atoms with van der Waals surface area (Å²) in [4.78, 5) is 12.4. The first-order chi connectivity index (χ1) is 11.0. The van der Waals surface area contributed by atoms with Gasteiger partial charge in [-0.25, -0.2) is 0 Å². The Bertz CT molecular complexity index is 682. The van der Waals surface area contributed by atoms with Crippen LogP contribution in [0.25, 0.3) is 0 Å². The maximum absolute atomic E-state index is 12.4. The Hall–Kier alpha value is -2.33. The van der Waals surface area contributed by atoms with E-state index in [1.165, 1.54) is 0 Å². The minimum Gasteiger partial charge on any atom is -0.497 e. The highest BCUT2D eigenvalue weighted by molar-refractivity contribution is 5.95. The van der Waals surface area contributed by atoms with E-state index in [1.807, 2.05) is 56.3 Å². The Balaban J connectivity index is 2.06. The number of ether oxygens (including phenoxy) is 2. The zero-order chi connectivity index (χ0) is 16.8. The monoisotopic (exact) mass is 313 g/mol. The van der Waals surface area contributed by atoms with E-state index in [2.05, 4.69) is 5.32 Å².